The summed E-state index contributed by atoms with van der Waals surface area (Å²) < 4.78 is 0. The average molecular weight is 383 g/mol. The Morgan fingerprint density at radius 3 is 2.21 bits per heavy atom. The highest BCUT2D eigenvalue weighted by atomic mass is 16.4. The lowest BCUT2D eigenvalue weighted by molar-refractivity contribution is -0.132. The van der Waals surface area contributed by atoms with Crippen molar-refractivity contribution in [1.29, 1.82) is 0 Å². The zero-order valence-corrected chi connectivity index (χ0v) is 18.4. The molecule has 1 aromatic rings. The van der Waals surface area contributed by atoms with E-state index in [0.717, 1.165) is 12.1 Å². The topological polar surface area (TPSA) is 52.9 Å². The fraction of sp³-hybridized carbons (Fsp3) is 0.500. The Hall–Kier alpha value is -2.36. The lowest BCUT2D eigenvalue weighted by Crippen LogP contribution is -2.34. The number of benzene rings is 1. The van der Waals surface area contributed by atoms with Crippen molar-refractivity contribution in [2.24, 2.45) is 4.99 Å². The van der Waals surface area contributed by atoms with Crippen LogP contribution in [0.15, 0.2) is 41.2 Å². The molecule has 0 unspecified atom stereocenters. The first-order valence-corrected chi connectivity index (χ1v) is 10.0. The molecule has 1 aliphatic rings. The molecule has 0 bridgehead atoms. The minimum absolute atomic E-state index is 0.124. The summed E-state index contributed by atoms with van der Waals surface area (Å²) in [5.41, 5.74) is 5.54. The van der Waals surface area contributed by atoms with Crippen LogP contribution in [0.2, 0.25) is 0 Å². The first-order chi connectivity index (χ1) is 12.9. The van der Waals surface area contributed by atoms with Crippen LogP contribution in [0.1, 0.15) is 71.1 Å². The molecule has 4 nitrogen and oxygen atoms in total. The molecule has 152 valence electrons. The number of nitrogens with zero attached hydrogens (tertiary/aromatic N) is 2. The quantitative estimate of drug-likeness (QED) is 0.504. The number of carboxylic acids is 1. The first kappa shape index (κ1) is 21.9. The normalized spacial score (nSPS) is 18.0. The van der Waals surface area contributed by atoms with Crippen molar-refractivity contribution in [1.82, 2.24) is 0 Å². The van der Waals surface area contributed by atoms with Crippen LogP contribution in [-0.2, 0) is 15.6 Å². The highest BCUT2D eigenvalue weighted by Gasteiger charge is 2.37. The van der Waals surface area contributed by atoms with Gasteiger partial charge in [-0.15, -0.1) is 0 Å². The Labute approximate surface area is 169 Å². The molecule has 1 aromatic carbocycles. The Kier molecular flexibility index (Phi) is 6.22. The van der Waals surface area contributed by atoms with Crippen LogP contribution in [0.5, 0.6) is 0 Å². The number of hydrogen-bond acceptors (Lipinski definition) is 3. The highest BCUT2D eigenvalue weighted by Crippen LogP contribution is 2.47. The summed E-state index contributed by atoms with van der Waals surface area (Å²) in [4.78, 5) is 17.6. The van der Waals surface area contributed by atoms with Gasteiger partial charge in [-0.2, -0.15) is 0 Å². The molecular formula is C24H34N2O2. The van der Waals surface area contributed by atoms with Gasteiger partial charge in [-0.3, -0.25) is 0 Å². The molecule has 28 heavy (non-hydrogen) atoms. The van der Waals surface area contributed by atoms with Crippen molar-refractivity contribution in [3.8, 4) is 0 Å². The minimum atomic E-state index is -0.990. The van der Waals surface area contributed by atoms with Crippen LogP contribution in [0.3, 0.4) is 0 Å². The highest BCUT2D eigenvalue weighted by molar-refractivity contribution is 6.08. The van der Waals surface area contributed by atoms with E-state index in [4.69, 9.17) is 0 Å². The molecule has 0 saturated heterocycles. The first-order valence-electron chi connectivity index (χ1n) is 10.0. The van der Waals surface area contributed by atoms with Crippen LogP contribution >= 0.6 is 0 Å². The number of carbonyl (C=O) groups is 1. The summed E-state index contributed by atoms with van der Waals surface area (Å²) in [5.74, 6) is -0.449. The maximum Gasteiger partial charge on any atom is 0.336 e. The van der Waals surface area contributed by atoms with Crippen LogP contribution in [0, 0.1) is 6.92 Å². The van der Waals surface area contributed by atoms with E-state index >= 15 is 0 Å². The third-order valence-electron chi connectivity index (χ3n) is 6.00. The second-order valence-electron chi connectivity index (χ2n) is 8.92. The Balaban J connectivity index is 2.50. The summed E-state index contributed by atoms with van der Waals surface area (Å²) >= 11 is 0. The third-order valence-corrected chi connectivity index (χ3v) is 6.00. The second-order valence-corrected chi connectivity index (χ2v) is 8.92. The summed E-state index contributed by atoms with van der Waals surface area (Å²) in [7, 11) is 0. The van der Waals surface area contributed by atoms with E-state index in [1.54, 1.807) is 6.92 Å². The molecule has 2 rings (SSSR count). The lowest BCUT2D eigenvalue weighted by atomic mass is 9.63. The summed E-state index contributed by atoms with van der Waals surface area (Å²) in [5, 5.41) is 9.18. The van der Waals surface area contributed by atoms with Crippen molar-refractivity contribution < 1.29 is 9.90 Å². The molecule has 0 radical (unpaired) electrons. The molecule has 0 aliphatic heterocycles. The van der Waals surface area contributed by atoms with Crippen molar-refractivity contribution in [2.45, 2.75) is 72.1 Å². The number of hydrogen-bond donors (Lipinski definition) is 1. The van der Waals surface area contributed by atoms with E-state index in [1.807, 2.05) is 0 Å². The number of carboxylic acid groups (broad SMARTS) is 1. The zero-order chi connectivity index (χ0) is 21.3. The SMILES string of the molecule is C=C(N=C/C(=C\C)C(=O)O)N(CC)c1cc2c(cc1C)C(C)(C)CCC2(C)C. The maximum absolute atomic E-state index is 11.2. The van der Waals surface area contributed by atoms with E-state index in [-0.39, 0.29) is 16.4 Å². The van der Waals surface area contributed by atoms with Gasteiger partial charge in [0, 0.05) is 18.4 Å². The zero-order valence-electron chi connectivity index (χ0n) is 18.4. The van der Waals surface area contributed by atoms with Gasteiger partial charge < -0.3 is 10.0 Å². The van der Waals surface area contributed by atoms with Gasteiger partial charge in [-0.05, 0) is 67.2 Å². The fourth-order valence-electron chi connectivity index (χ4n) is 3.96. The number of rotatable bonds is 6. The number of allylic oxidation sites excluding steroid dienone is 1. The smallest absolute Gasteiger partial charge is 0.336 e. The molecule has 0 fully saturated rings. The van der Waals surface area contributed by atoms with E-state index < -0.39 is 5.97 Å². The van der Waals surface area contributed by atoms with Crippen molar-refractivity contribution in [3.05, 3.63) is 52.9 Å². The summed E-state index contributed by atoms with van der Waals surface area (Å²) in [6, 6.07) is 4.61. The molecule has 0 amide bonds. The molecule has 0 aromatic heterocycles. The molecule has 0 atom stereocenters. The minimum Gasteiger partial charge on any atom is -0.478 e. The molecule has 0 heterocycles. The van der Waals surface area contributed by atoms with Crippen molar-refractivity contribution >= 4 is 17.9 Å². The molecular weight excluding hydrogens is 348 g/mol. The second kappa shape index (κ2) is 7.94. The van der Waals surface area contributed by atoms with Crippen molar-refractivity contribution in [2.75, 3.05) is 11.4 Å². The largest absolute Gasteiger partial charge is 0.478 e. The van der Waals surface area contributed by atoms with Gasteiger partial charge in [-0.1, -0.05) is 46.4 Å². The average Bonchev–Trinajstić information content (AvgIpc) is 2.61. The Bertz CT molecular complexity index is 844. The predicted molar refractivity (Wildman–Crippen MR) is 119 cm³/mol. The molecule has 4 heteroatoms. The monoisotopic (exact) mass is 382 g/mol. The van der Waals surface area contributed by atoms with Gasteiger partial charge in [0.25, 0.3) is 0 Å². The van der Waals surface area contributed by atoms with E-state index in [9.17, 15) is 9.90 Å². The van der Waals surface area contributed by atoms with E-state index in [2.05, 4.69) is 70.1 Å². The van der Waals surface area contributed by atoms with Crippen LogP contribution in [0.25, 0.3) is 0 Å². The van der Waals surface area contributed by atoms with Gasteiger partial charge in [0.15, 0.2) is 0 Å². The summed E-state index contributed by atoms with van der Waals surface area (Å²) in [6.07, 6.45) is 5.24. The van der Waals surface area contributed by atoms with Gasteiger partial charge in [0.2, 0.25) is 0 Å². The number of aliphatic imine (C=N–C) groups is 1. The number of fused-ring (bicyclic) bond motifs is 1. The van der Waals surface area contributed by atoms with E-state index in [1.165, 1.54) is 35.4 Å². The van der Waals surface area contributed by atoms with Gasteiger partial charge in [0.1, 0.15) is 5.82 Å². The fourth-order valence-corrected chi connectivity index (χ4v) is 3.96. The van der Waals surface area contributed by atoms with Gasteiger partial charge >= 0.3 is 5.97 Å². The summed E-state index contributed by atoms with van der Waals surface area (Å²) in [6.45, 7) is 20.0. The number of aliphatic carboxylic acids is 1. The Morgan fingerprint density at radius 2 is 1.75 bits per heavy atom. The van der Waals surface area contributed by atoms with E-state index in [0.29, 0.717) is 12.4 Å². The van der Waals surface area contributed by atoms with Crippen LogP contribution < -0.4 is 4.90 Å². The van der Waals surface area contributed by atoms with Crippen LogP contribution in [0.4, 0.5) is 5.69 Å². The molecule has 1 aliphatic carbocycles. The maximum atomic E-state index is 11.2. The third kappa shape index (κ3) is 4.21. The number of aryl methyl sites for hydroxylation is 1. The molecule has 0 saturated carbocycles. The Morgan fingerprint density at radius 1 is 1.21 bits per heavy atom. The predicted octanol–water partition coefficient (Wildman–Crippen LogP) is 5.74. The molecule has 0 spiro atoms. The van der Waals surface area contributed by atoms with Gasteiger partial charge in [-0.25, -0.2) is 9.79 Å². The standard InChI is InChI=1S/C24H34N2O2/c1-9-18(22(27)28)15-25-17(4)26(10-2)21-14-20-19(13-16(21)3)23(5,6)11-12-24(20,7)8/h9,13-15H,4,10-12H2,1-3,5-8H3,(H,27,28)/b18-9+,25-15?. The lowest BCUT2D eigenvalue weighted by Gasteiger charge is -2.43. The molecule has 1 N–H and O–H groups in total. The van der Waals surface area contributed by atoms with Crippen LogP contribution in [-0.4, -0.2) is 23.8 Å². The number of anilines is 1. The van der Waals surface area contributed by atoms with Crippen molar-refractivity contribution in [3.63, 3.8) is 0 Å². The van der Waals surface area contributed by atoms with Gasteiger partial charge in [0.05, 0.1) is 5.57 Å².